The molecule has 1 saturated carbocycles. The van der Waals surface area contributed by atoms with Crippen LogP contribution in [-0.4, -0.2) is 5.67 Å². The molecule has 1 fully saturated rings. The first kappa shape index (κ1) is 6.06. The van der Waals surface area contributed by atoms with Crippen LogP contribution in [0.5, 0.6) is 0 Å². The molecule has 0 radical (unpaired) electrons. The summed E-state index contributed by atoms with van der Waals surface area (Å²) in [5.41, 5.74) is -0.562. The molecule has 0 aromatic heterocycles. The summed E-state index contributed by atoms with van der Waals surface area (Å²) in [4.78, 5) is 0. The van der Waals surface area contributed by atoms with E-state index in [1.165, 1.54) is 0 Å². The molecule has 0 aromatic carbocycles. The van der Waals surface area contributed by atoms with E-state index in [1.54, 1.807) is 6.92 Å². The van der Waals surface area contributed by atoms with Crippen LogP contribution in [0.15, 0.2) is 0 Å². The maximum atomic E-state index is 12.7. The molecule has 0 nitrogen and oxygen atoms in total. The van der Waals surface area contributed by atoms with Crippen molar-refractivity contribution in [3.05, 3.63) is 0 Å². The molecule has 0 unspecified atom stereocenters. The SMILES string of the molecule is CC1(C)CC(C)(F)C1. The molecule has 48 valence electrons. The van der Waals surface area contributed by atoms with Crippen molar-refractivity contribution < 1.29 is 4.39 Å². The molecule has 0 aliphatic heterocycles. The summed E-state index contributed by atoms with van der Waals surface area (Å²) >= 11 is 0. The van der Waals surface area contributed by atoms with Crippen LogP contribution in [0.4, 0.5) is 4.39 Å². The molecule has 0 amide bonds. The van der Waals surface area contributed by atoms with E-state index in [0.29, 0.717) is 0 Å². The first-order valence-corrected chi connectivity index (χ1v) is 3.10. The Labute approximate surface area is 50.1 Å². The Hall–Kier alpha value is -0.0700. The summed E-state index contributed by atoms with van der Waals surface area (Å²) in [6.07, 6.45) is 1.47. The molecule has 0 heterocycles. The molecule has 1 rings (SSSR count). The minimum absolute atomic E-state index is 0.281. The van der Waals surface area contributed by atoms with Gasteiger partial charge in [0.25, 0.3) is 0 Å². The van der Waals surface area contributed by atoms with Crippen LogP contribution in [0, 0.1) is 5.41 Å². The largest absolute Gasteiger partial charge is 0.244 e. The quantitative estimate of drug-likeness (QED) is 0.456. The monoisotopic (exact) mass is 116 g/mol. The van der Waals surface area contributed by atoms with Crippen molar-refractivity contribution in [1.82, 2.24) is 0 Å². The van der Waals surface area contributed by atoms with E-state index in [9.17, 15) is 4.39 Å². The average Bonchev–Trinajstić information content (AvgIpc) is 1.20. The third kappa shape index (κ3) is 1.01. The summed E-state index contributed by atoms with van der Waals surface area (Å²) in [5, 5.41) is 0. The van der Waals surface area contributed by atoms with Crippen molar-refractivity contribution >= 4 is 0 Å². The second kappa shape index (κ2) is 1.26. The third-order valence-electron chi connectivity index (χ3n) is 1.69. The predicted octanol–water partition coefficient (Wildman–Crippen LogP) is 2.53. The highest BCUT2D eigenvalue weighted by Gasteiger charge is 2.45. The highest BCUT2D eigenvalue weighted by atomic mass is 19.1. The molecule has 1 aliphatic rings. The average molecular weight is 116 g/mol. The zero-order valence-corrected chi connectivity index (χ0v) is 5.79. The summed E-state index contributed by atoms with van der Waals surface area (Å²) < 4.78 is 12.7. The van der Waals surface area contributed by atoms with Gasteiger partial charge < -0.3 is 0 Å². The second-order valence-electron chi connectivity index (χ2n) is 3.93. The summed E-state index contributed by atoms with van der Waals surface area (Å²) in [6.45, 7) is 5.89. The molecule has 1 aliphatic carbocycles. The molecular formula is C7H13F. The molecule has 0 saturated heterocycles. The highest BCUT2D eigenvalue weighted by Crippen LogP contribution is 2.49. The molecule has 0 spiro atoms. The second-order valence-corrected chi connectivity index (χ2v) is 3.93. The van der Waals surface area contributed by atoms with Crippen molar-refractivity contribution in [2.24, 2.45) is 5.41 Å². The van der Waals surface area contributed by atoms with Gasteiger partial charge in [-0.2, -0.15) is 0 Å². The molecule has 8 heavy (non-hydrogen) atoms. The van der Waals surface area contributed by atoms with Crippen LogP contribution >= 0.6 is 0 Å². The molecule has 0 aromatic rings. The summed E-state index contributed by atoms with van der Waals surface area (Å²) in [7, 11) is 0. The van der Waals surface area contributed by atoms with Crippen molar-refractivity contribution in [3.8, 4) is 0 Å². The molecule has 0 atom stereocenters. The Morgan fingerprint density at radius 2 is 1.50 bits per heavy atom. The maximum absolute atomic E-state index is 12.7. The summed E-state index contributed by atoms with van der Waals surface area (Å²) in [5.74, 6) is 0. The number of alkyl halides is 1. The number of hydrogen-bond donors (Lipinski definition) is 0. The fraction of sp³-hybridized carbons (Fsp3) is 1.00. The Bertz CT molecular complexity index is 81.0. The lowest BCUT2D eigenvalue weighted by Crippen LogP contribution is -2.42. The van der Waals surface area contributed by atoms with Gasteiger partial charge in [-0.1, -0.05) is 13.8 Å². The van der Waals surface area contributed by atoms with Gasteiger partial charge in [-0.3, -0.25) is 0 Å². The zero-order valence-electron chi connectivity index (χ0n) is 5.79. The van der Waals surface area contributed by atoms with E-state index in [4.69, 9.17) is 0 Å². The van der Waals surface area contributed by atoms with Crippen molar-refractivity contribution in [1.29, 1.82) is 0 Å². The van der Waals surface area contributed by atoms with Gasteiger partial charge in [0, 0.05) is 0 Å². The summed E-state index contributed by atoms with van der Waals surface area (Å²) in [6, 6.07) is 0. The van der Waals surface area contributed by atoms with Crippen molar-refractivity contribution in [2.45, 2.75) is 39.3 Å². The van der Waals surface area contributed by atoms with Crippen LogP contribution in [0.1, 0.15) is 33.6 Å². The van der Waals surface area contributed by atoms with Crippen LogP contribution in [-0.2, 0) is 0 Å². The first-order valence-electron chi connectivity index (χ1n) is 3.10. The van der Waals surface area contributed by atoms with E-state index in [-0.39, 0.29) is 5.41 Å². The minimum atomic E-state index is -0.844. The van der Waals surface area contributed by atoms with E-state index in [0.717, 1.165) is 12.8 Å². The van der Waals surface area contributed by atoms with E-state index >= 15 is 0 Å². The van der Waals surface area contributed by atoms with Gasteiger partial charge in [-0.05, 0) is 25.2 Å². The van der Waals surface area contributed by atoms with Gasteiger partial charge in [0.2, 0.25) is 0 Å². The molecule has 0 N–H and O–H groups in total. The lowest BCUT2D eigenvalue weighted by Gasteiger charge is -2.45. The van der Waals surface area contributed by atoms with Gasteiger partial charge in [-0.25, -0.2) is 4.39 Å². The van der Waals surface area contributed by atoms with E-state index in [2.05, 4.69) is 13.8 Å². The topological polar surface area (TPSA) is 0 Å². The van der Waals surface area contributed by atoms with Gasteiger partial charge >= 0.3 is 0 Å². The standard InChI is InChI=1S/C7H13F/c1-6(2)4-7(3,8)5-6/h4-5H2,1-3H3. The maximum Gasteiger partial charge on any atom is 0.109 e. The smallest absolute Gasteiger partial charge is 0.109 e. The van der Waals surface area contributed by atoms with Gasteiger partial charge in [-0.15, -0.1) is 0 Å². The van der Waals surface area contributed by atoms with E-state index < -0.39 is 5.67 Å². The third-order valence-corrected chi connectivity index (χ3v) is 1.69. The fourth-order valence-corrected chi connectivity index (χ4v) is 1.94. The number of hydrogen-bond acceptors (Lipinski definition) is 0. The Morgan fingerprint density at radius 1 is 1.12 bits per heavy atom. The van der Waals surface area contributed by atoms with Gasteiger partial charge in [0.1, 0.15) is 5.67 Å². The van der Waals surface area contributed by atoms with E-state index in [1.807, 2.05) is 0 Å². The molecular weight excluding hydrogens is 103 g/mol. The molecule has 0 bridgehead atoms. The Balaban J connectivity index is 2.42. The minimum Gasteiger partial charge on any atom is -0.244 e. The predicted molar refractivity (Wildman–Crippen MR) is 32.5 cm³/mol. The number of halogens is 1. The Kier molecular flexibility index (Phi) is 0.951. The van der Waals surface area contributed by atoms with Crippen molar-refractivity contribution in [3.63, 3.8) is 0 Å². The van der Waals surface area contributed by atoms with Crippen LogP contribution in [0.25, 0.3) is 0 Å². The first-order chi connectivity index (χ1) is 3.41. The lowest BCUT2D eigenvalue weighted by molar-refractivity contribution is -0.0299. The van der Waals surface area contributed by atoms with Crippen LogP contribution in [0.2, 0.25) is 0 Å². The Morgan fingerprint density at radius 3 is 1.50 bits per heavy atom. The van der Waals surface area contributed by atoms with Gasteiger partial charge in [0.05, 0.1) is 0 Å². The fourth-order valence-electron chi connectivity index (χ4n) is 1.94. The van der Waals surface area contributed by atoms with Crippen molar-refractivity contribution in [2.75, 3.05) is 0 Å². The van der Waals surface area contributed by atoms with Crippen LogP contribution in [0.3, 0.4) is 0 Å². The lowest BCUT2D eigenvalue weighted by atomic mass is 9.63. The molecule has 1 heteroatoms. The highest BCUT2D eigenvalue weighted by molar-refractivity contribution is 4.96. The zero-order chi connectivity index (χ0) is 6.41. The number of rotatable bonds is 0. The van der Waals surface area contributed by atoms with Gasteiger partial charge in [0.15, 0.2) is 0 Å². The van der Waals surface area contributed by atoms with Crippen LogP contribution < -0.4 is 0 Å². The normalized spacial score (nSPS) is 31.5.